The first-order valence-electron chi connectivity index (χ1n) is 10.3. The molecule has 178 valence electrons. The predicted octanol–water partition coefficient (Wildman–Crippen LogP) is 6.51. The number of ether oxygens (including phenoxy) is 1. The van der Waals surface area contributed by atoms with E-state index in [0.29, 0.717) is 33.2 Å². The molecule has 4 rings (SSSR count). The van der Waals surface area contributed by atoms with Gasteiger partial charge in [-0.05, 0) is 58.2 Å². The smallest absolute Gasteiger partial charge is 0.287 e. The van der Waals surface area contributed by atoms with E-state index in [2.05, 4.69) is 46.9 Å². The SMILES string of the molecule is CCCc1nc2ccc(Br)cc2c(=O)n1N=Cc1cc(Cl)c(Oc2ccc([N+](=O)[O-])cn2)c(Br)c1. The molecule has 0 aliphatic heterocycles. The van der Waals surface area contributed by atoms with Crippen molar-refractivity contribution >= 4 is 66.3 Å². The van der Waals surface area contributed by atoms with Crippen LogP contribution in [0.15, 0.2) is 67.5 Å². The molecule has 35 heavy (non-hydrogen) atoms. The highest BCUT2D eigenvalue weighted by molar-refractivity contribution is 9.10. The Balaban J connectivity index is 1.67. The second-order valence-electron chi connectivity index (χ2n) is 7.33. The minimum absolute atomic E-state index is 0.142. The van der Waals surface area contributed by atoms with E-state index >= 15 is 0 Å². The molecule has 0 fully saturated rings. The van der Waals surface area contributed by atoms with Crippen LogP contribution in [-0.2, 0) is 6.42 Å². The Bertz CT molecular complexity index is 1500. The summed E-state index contributed by atoms with van der Waals surface area (Å²) in [6.45, 7) is 2.00. The van der Waals surface area contributed by atoms with Gasteiger partial charge in [-0.2, -0.15) is 9.78 Å². The number of aryl methyl sites for hydroxylation is 1. The molecule has 0 bridgehead atoms. The summed E-state index contributed by atoms with van der Waals surface area (Å²) >= 11 is 13.2. The summed E-state index contributed by atoms with van der Waals surface area (Å²) in [7, 11) is 0. The molecule has 0 saturated heterocycles. The number of halogens is 3. The van der Waals surface area contributed by atoms with Crippen molar-refractivity contribution in [3.8, 4) is 11.6 Å². The lowest BCUT2D eigenvalue weighted by atomic mass is 10.2. The van der Waals surface area contributed by atoms with Crippen molar-refractivity contribution in [3.05, 3.63) is 94.5 Å². The van der Waals surface area contributed by atoms with Gasteiger partial charge < -0.3 is 4.74 Å². The Labute approximate surface area is 220 Å². The van der Waals surface area contributed by atoms with Gasteiger partial charge in [0.15, 0.2) is 5.75 Å². The number of rotatable bonds is 7. The molecule has 2 heterocycles. The molecule has 0 unspecified atom stereocenters. The summed E-state index contributed by atoms with van der Waals surface area (Å²) in [6, 6.07) is 11.4. The summed E-state index contributed by atoms with van der Waals surface area (Å²) in [5.74, 6) is 0.980. The van der Waals surface area contributed by atoms with Gasteiger partial charge in [-0.25, -0.2) is 9.97 Å². The highest BCUT2D eigenvalue weighted by Crippen LogP contribution is 2.37. The number of hydrogen-bond donors (Lipinski definition) is 0. The Morgan fingerprint density at radius 3 is 2.69 bits per heavy atom. The highest BCUT2D eigenvalue weighted by atomic mass is 79.9. The van der Waals surface area contributed by atoms with Crippen LogP contribution >= 0.6 is 43.5 Å². The van der Waals surface area contributed by atoms with E-state index in [-0.39, 0.29) is 27.9 Å². The fourth-order valence-corrected chi connectivity index (χ4v) is 4.52. The second-order valence-corrected chi connectivity index (χ2v) is 9.51. The van der Waals surface area contributed by atoms with E-state index in [1.54, 1.807) is 24.3 Å². The van der Waals surface area contributed by atoms with E-state index in [4.69, 9.17) is 16.3 Å². The molecule has 0 atom stereocenters. The fourth-order valence-electron chi connectivity index (χ4n) is 3.22. The molecule has 12 heteroatoms. The quantitative estimate of drug-likeness (QED) is 0.132. The molecule has 0 radical (unpaired) electrons. The number of nitro groups is 1. The lowest BCUT2D eigenvalue weighted by Crippen LogP contribution is -2.22. The average molecular weight is 622 g/mol. The number of benzene rings is 2. The van der Waals surface area contributed by atoms with E-state index < -0.39 is 4.92 Å². The first-order valence-corrected chi connectivity index (χ1v) is 12.3. The van der Waals surface area contributed by atoms with E-state index in [0.717, 1.165) is 17.1 Å². The molecular formula is C23H16Br2ClN5O4. The first kappa shape index (κ1) is 25.0. The molecule has 2 aromatic carbocycles. The maximum absolute atomic E-state index is 13.1. The van der Waals surface area contributed by atoms with Gasteiger partial charge in [0.25, 0.3) is 11.2 Å². The molecule has 0 aliphatic rings. The molecule has 0 saturated carbocycles. The molecule has 0 aliphatic carbocycles. The van der Waals surface area contributed by atoms with Crippen molar-refractivity contribution in [1.82, 2.24) is 14.6 Å². The monoisotopic (exact) mass is 619 g/mol. The Hall–Kier alpha value is -3.15. The van der Waals surface area contributed by atoms with Crippen molar-refractivity contribution < 1.29 is 9.66 Å². The van der Waals surface area contributed by atoms with Crippen molar-refractivity contribution in [1.29, 1.82) is 0 Å². The third kappa shape index (κ3) is 5.58. The molecule has 9 nitrogen and oxygen atoms in total. The van der Waals surface area contributed by atoms with Crippen molar-refractivity contribution in [2.45, 2.75) is 19.8 Å². The second kappa shape index (κ2) is 10.6. The summed E-state index contributed by atoms with van der Waals surface area (Å²) in [4.78, 5) is 31.9. The van der Waals surface area contributed by atoms with Crippen LogP contribution in [0.2, 0.25) is 5.02 Å². The van der Waals surface area contributed by atoms with Crippen LogP contribution < -0.4 is 10.3 Å². The summed E-state index contributed by atoms with van der Waals surface area (Å²) < 4.78 is 8.27. The summed E-state index contributed by atoms with van der Waals surface area (Å²) in [5.41, 5.74) is 0.794. The largest absolute Gasteiger partial charge is 0.436 e. The zero-order chi connectivity index (χ0) is 25.1. The molecule has 0 N–H and O–H groups in total. The topological polar surface area (TPSA) is 113 Å². The zero-order valence-electron chi connectivity index (χ0n) is 18.1. The maximum atomic E-state index is 13.1. The molecule has 0 spiro atoms. The van der Waals surface area contributed by atoms with E-state index in [1.807, 2.05) is 13.0 Å². The number of aromatic nitrogens is 3. The normalized spacial score (nSPS) is 11.3. The van der Waals surface area contributed by atoms with Crippen LogP contribution in [-0.4, -0.2) is 25.8 Å². The van der Waals surface area contributed by atoms with Gasteiger partial charge in [-0.15, -0.1) is 0 Å². The van der Waals surface area contributed by atoms with Gasteiger partial charge in [0, 0.05) is 23.0 Å². The van der Waals surface area contributed by atoms with Gasteiger partial charge in [0.05, 0.1) is 31.5 Å². The lowest BCUT2D eigenvalue weighted by Gasteiger charge is -2.10. The van der Waals surface area contributed by atoms with Crippen molar-refractivity contribution in [2.24, 2.45) is 5.10 Å². The fraction of sp³-hybridized carbons (Fsp3) is 0.130. The minimum Gasteiger partial charge on any atom is -0.436 e. The van der Waals surface area contributed by atoms with E-state index in [9.17, 15) is 14.9 Å². The zero-order valence-corrected chi connectivity index (χ0v) is 22.0. The maximum Gasteiger partial charge on any atom is 0.287 e. The van der Waals surface area contributed by atoms with Crippen LogP contribution in [0.25, 0.3) is 10.9 Å². The Kier molecular flexibility index (Phi) is 7.58. The first-order chi connectivity index (χ1) is 16.8. The molecular weight excluding hydrogens is 606 g/mol. The Morgan fingerprint density at radius 1 is 1.23 bits per heavy atom. The van der Waals surface area contributed by atoms with Gasteiger partial charge in [0.1, 0.15) is 12.0 Å². The van der Waals surface area contributed by atoms with Crippen molar-refractivity contribution in [3.63, 3.8) is 0 Å². The average Bonchev–Trinajstić information content (AvgIpc) is 2.82. The van der Waals surface area contributed by atoms with Crippen LogP contribution in [0, 0.1) is 10.1 Å². The van der Waals surface area contributed by atoms with Crippen LogP contribution in [0.3, 0.4) is 0 Å². The van der Waals surface area contributed by atoms with Crippen LogP contribution in [0.5, 0.6) is 11.6 Å². The lowest BCUT2D eigenvalue weighted by molar-refractivity contribution is -0.385. The number of pyridine rings is 1. The van der Waals surface area contributed by atoms with Gasteiger partial charge >= 0.3 is 0 Å². The summed E-state index contributed by atoms with van der Waals surface area (Å²) in [6.07, 6.45) is 3.98. The third-order valence-corrected chi connectivity index (χ3v) is 6.19. The third-order valence-electron chi connectivity index (χ3n) is 4.83. The number of hydrogen-bond acceptors (Lipinski definition) is 7. The van der Waals surface area contributed by atoms with Crippen LogP contribution in [0.1, 0.15) is 24.7 Å². The molecule has 2 aromatic heterocycles. The molecule has 0 amide bonds. The predicted molar refractivity (Wildman–Crippen MR) is 141 cm³/mol. The van der Waals surface area contributed by atoms with Gasteiger partial charge in [-0.1, -0.05) is 34.5 Å². The number of nitrogens with zero attached hydrogens (tertiary/aromatic N) is 5. The summed E-state index contributed by atoms with van der Waals surface area (Å²) in [5, 5.41) is 15.9. The standard InChI is InChI=1S/C23H16Br2ClN5O4/c1-2-3-20-29-19-6-4-14(24)10-16(19)23(32)30(20)28-11-13-8-17(25)22(18(26)9-13)35-21-7-5-15(12-27-21)31(33)34/h4-12H,2-3H2,1H3. The van der Waals surface area contributed by atoms with Crippen molar-refractivity contribution in [2.75, 3.05) is 0 Å². The van der Waals surface area contributed by atoms with Gasteiger partial charge in [-0.3, -0.25) is 14.9 Å². The van der Waals surface area contributed by atoms with E-state index in [1.165, 1.54) is 23.0 Å². The highest BCUT2D eigenvalue weighted by Gasteiger charge is 2.14. The van der Waals surface area contributed by atoms with Gasteiger partial charge in [0.2, 0.25) is 5.88 Å². The Morgan fingerprint density at radius 2 is 2.03 bits per heavy atom. The van der Waals surface area contributed by atoms with Crippen LogP contribution in [0.4, 0.5) is 5.69 Å². The molecule has 4 aromatic rings. The number of fused-ring (bicyclic) bond motifs is 1. The minimum atomic E-state index is -0.547.